The highest BCUT2D eigenvalue weighted by atomic mass is 79.9. The zero-order valence-corrected chi connectivity index (χ0v) is 16.8. The van der Waals surface area contributed by atoms with E-state index in [1.807, 2.05) is 31.2 Å². The van der Waals surface area contributed by atoms with Gasteiger partial charge >= 0.3 is 0 Å². The third-order valence-electron chi connectivity index (χ3n) is 3.79. The third kappa shape index (κ3) is 5.57. The van der Waals surface area contributed by atoms with Crippen LogP contribution in [0.25, 0.3) is 0 Å². The number of amides is 2. The fraction of sp³-hybridized carbons (Fsp3) is 0.471. The van der Waals surface area contributed by atoms with Crippen LogP contribution in [0.2, 0.25) is 0 Å². The normalized spacial score (nSPS) is 17.4. The van der Waals surface area contributed by atoms with Crippen molar-refractivity contribution in [3.63, 3.8) is 0 Å². The van der Waals surface area contributed by atoms with E-state index in [9.17, 15) is 9.59 Å². The summed E-state index contributed by atoms with van der Waals surface area (Å²) in [4.78, 5) is 25.7. The minimum Gasteiger partial charge on any atom is -0.326 e. The summed E-state index contributed by atoms with van der Waals surface area (Å²) < 4.78 is 1.68. The number of benzene rings is 1. The van der Waals surface area contributed by atoms with Gasteiger partial charge in [0.05, 0.1) is 5.25 Å². The number of hydrogen-bond acceptors (Lipinski definition) is 4. The fourth-order valence-corrected chi connectivity index (χ4v) is 4.19. The second kappa shape index (κ2) is 9.53. The summed E-state index contributed by atoms with van der Waals surface area (Å²) in [6.07, 6.45) is 3.88. The quantitative estimate of drug-likeness (QED) is 0.485. The van der Waals surface area contributed by atoms with E-state index in [2.05, 4.69) is 21.2 Å². The van der Waals surface area contributed by atoms with E-state index >= 15 is 0 Å². The summed E-state index contributed by atoms with van der Waals surface area (Å²) in [6.45, 7) is 2.67. The number of thioether (sulfide) groups is 1. The van der Waals surface area contributed by atoms with Gasteiger partial charge in [0.1, 0.15) is 4.32 Å². The SMILES string of the molecule is CCC1SC(=S)N(CCCCCC(=O)Nc2ccc(Br)cc2)C1=O. The van der Waals surface area contributed by atoms with Gasteiger partial charge in [-0.1, -0.05) is 53.3 Å². The molecule has 1 atom stereocenters. The molecule has 0 spiro atoms. The first kappa shape index (κ1) is 19.4. The molecule has 1 unspecified atom stereocenters. The number of unbranched alkanes of at least 4 members (excludes halogenated alkanes) is 2. The van der Waals surface area contributed by atoms with Gasteiger partial charge in [0.2, 0.25) is 11.8 Å². The van der Waals surface area contributed by atoms with Gasteiger partial charge in [0.15, 0.2) is 0 Å². The molecule has 1 aromatic carbocycles. The van der Waals surface area contributed by atoms with E-state index in [1.165, 1.54) is 11.8 Å². The lowest BCUT2D eigenvalue weighted by Gasteiger charge is -2.15. The molecule has 0 aliphatic carbocycles. The topological polar surface area (TPSA) is 49.4 Å². The van der Waals surface area contributed by atoms with Crippen LogP contribution in [0.15, 0.2) is 28.7 Å². The van der Waals surface area contributed by atoms with E-state index in [0.717, 1.165) is 35.8 Å². The summed E-state index contributed by atoms with van der Waals surface area (Å²) in [7, 11) is 0. The molecule has 0 saturated carbocycles. The predicted octanol–water partition coefficient (Wildman–Crippen LogP) is 4.59. The fourth-order valence-electron chi connectivity index (χ4n) is 2.45. The van der Waals surface area contributed by atoms with Crippen LogP contribution in [-0.2, 0) is 9.59 Å². The van der Waals surface area contributed by atoms with Crippen LogP contribution in [-0.4, -0.2) is 32.8 Å². The highest BCUT2D eigenvalue weighted by molar-refractivity contribution is 9.10. The van der Waals surface area contributed by atoms with E-state index in [1.54, 1.807) is 4.90 Å². The van der Waals surface area contributed by atoms with Crippen LogP contribution in [0, 0.1) is 0 Å². The van der Waals surface area contributed by atoms with Crippen molar-refractivity contribution in [2.75, 3.05) is 11.9 Å². The van der Waals surface area contributed by atoms with Gasteiger partial charge in [-0.2, -0.15) is 0 Å². The smallest absolute Gasteiger partial charge is 0.241 e. The van der Waals surface area contributed by atoms with E-state index in [0.29, 0.717) is 17.3 Å². The van der Waals surface area contributed by atoms with Gasteiger partial charge in [-0.05, 0) is 43.5 Å². The molecule has 0 radical (unpaired) electrons. The minimum atomic E-state index is -0.00538. The molecular formula is C17H21BrN2O2S2. The van der Waals surface area contributed by atoms with Crippen molar-refractivity contribution in [1.29, 1.82) is 0 Å². The number of nitrogens with one attached hydrogen (secondary N) is 1. The zero-order valence-electron chi connectivity index (χ0n) is 13.6. The first-order chi connectivity index (χ1) is 11.5. The van der Waals surface area contributed by atoms with Crippen LogP contribution >= 0.6 is 39.9 Å². The van der Waals surface area contributed by atoms with Crippen LogP contribution in [0.5, 0.6) is 0 Å². The molecule has 0 aromatic heterocycles. The van der Waals surface area contributed by atoms with Crippen molar-refractivity contribution >= 4 is 61.7 Å². The van der Waals surface area contributed by atoms with Crippen LogP contribution < -0.4 is 5.32 Å². The Labute approximate surface area is 160 Å². The van der Waals surface area contributed by atoms with Gasteiger partial charge < -0.3 is 5.32 Å². The molecule has 2 rings (SSSR count). The highest BCUT2D eigenvalue weighted by Crippen LogP contribution is 2.29. The Kier molecular flexibility index (Phi) is 7.71. The number of carbonyl (C=O) groups excluding carboxylic acids is 2. The lowest BCUT2D eigenvalue weighted by Crippen LogP contribution is -2.32. The number of halogens is 1. The Balaban J connectivity index is 1.63. The molecule has 1 aliphatic heterocycles. The molecule has 1 aromatic rings. The summed E-state index contributed by atoms with van der Waals surface area (Å²) in [5.74, 6) is 0.159. The number of nitrogens with zero attached hydrogens (tertiary/aromatic N) is 1. The number of carbonyl (C=O) groups is 2. The van der Waals surface area contributed by atoms with Crippen LogP contribution in [0.4, 0.5) is 5.69 Å². The van der Waals surface area contributed by atoms with Gasteiger partial charge in [-0.15, -0.1) is 0 Å². The van der Waals surface area contributed by atoms with Crippen LogP contribution in [0.3, 0.4) is 0 Å². The monoisotopic (exact) mass is 428 g/mol. The molecule has 1 N–H and O–H groups in total. The first-order valence-corrected chi connectivity index (χ1v) is 10.2. The summed E-state index contributed by atoms with van der Waals surface area (Å²) >= 11 is 10.1. The lowest BCUT2D eigenvalue weighted by molar-refractivity contribution is -0.126. The predicted molar refractivity (Wildman–Crippen MR) is 107 cm³/mol. The van der Waals surface area contributed by atoms with Crippen molar-refractivity contribution < 1.29 is 9.59 Å². The summed E-state index contributed by atoms with van der Waals surface area (Å²) in [5, 5.41) is 2.87. The van der Waals surface area contributed by atoms with Crippen molar-refractivity contribution in [2.24, 2.45) is 0 Å². The number of rotatable bonds is 8. The van der Waals surface area contributed by atoms with Gasteiger partial charge in [-0.25, -0.2) is 0 Å². The average Bonchev–Trinajstić information content (AvgIpc) is 2.83. The van der Waals surface area contributed by atoms with Crippen molar-refractivity contribution in [3.8, 4) is 0 Å². The molecule has 1 heterocycles. The largest absolute Gasteiger partial charge is 0.326 e. The molecule has 1 aliphatic rings. The van der Waals surface area contributed by atoms with Gasteiger partial charge in [0.25, 0.3) is 0 Å². The minimum absolute atomic E-state index is 0.00538. The molecule has 7 heteroatoms. The maximum Gasteiger partial charge on any atom is 0.241 e. The standard InChI is InChI=1S/C17H21BrN2O2S2/c1-2-14-16(22)20(17(23)24-14)11-5-3-4-6-15(21)19-13-9-7-12(18)8-10-13/h7-10,14H,2-6,11H2,1H3,(H,19,21). The third-order valence-corrected chi connectivity index (χ3v) is 6.07. The molecule has 0 bridgehead atoms. The summed E-state index contributed by atoms with van der Waals surface area (Å²) in [5.41, 5.74) is 0.804. The number of hydrogen-bond donors (Lipinski definition) is 1. The maximum atomic E-state index is 12.1. The molecule has 24 heavy (non-hydrogen) atoms. The molecule has 1 saturated heterocycles. The van der Waals surface area contributed by atoms with Crippen molar-refractivity contribution in [2.45, 2.75) is 44.3 Å². The highest BCUT2D eigenvalue weighted by Gasteiger charge is 2.34. The van der Waals surface area contributed by atoms with Crippen molar-refractivity contribution in [1.82, 2.24) is 4.90 Å². The van der Waals surface area contributed by atoms with Crippen LogP contribution in [0.1, 0.15) is 39.0 Å². The number of thiocarbonyl (C=S) groups is 1. The van der Waals surface area contributed by atoms with E-state index in [4.69, 9.17) is 12.2 Å². The first-order valence-electron chi connectivity index (χ1n) is 8.08. The second-order valence-corrected chi connectivity index (χ2v) is 8.39. The zero-order chi connectivity index (χ0) is 17.5. The molecule has 2 amide bonds. The Morgan fingerprint density at radius 1 is 1.29 bits per heavy atom. The van der Waals surface area contributed by atoms with Gasteiger partial charge in [-0.3, -0.25) is 14.5 Å². The van der Waals surface area contributed by atoms with Crippen molar-refractivity contribution in [3.05, 3.63) is 28.7 Å². The molecule has 4 nitrogen and oxygen atoms in total. The number of anilines is 1. The second-order valence-electron chi connectivity index (χ2n) is 5.64. The van der Waals surface area contributed by atoms with Gasteiger partial charge in [0, 0.05) is 23.1 Å². The summed E-state index contributed by atoms with van der Waals surface area (Å²) in [6, 6.07) is 7.52. The lowest BCUT2D eigenvalue weighted by atomic mass is 10.1. The van der Waals surface area contributed by atoms with E-state index < -0.39 is 0 Å². The van der Waals surface area contributed by atoms with E-state index in [-0.39, 0.29) is 17.1 Å². The molecular weight excluding hydrogens is 408 g/mol. The Hall–Kier alpha value is -0.920. The molecule has 1 fully saturated rings. The molecule has 130 valence electrons. The Bertz CT molecular complexity index is 607. The Morgan fingerprint density at radius 2 is 2.00 bits per heavy atom. The Morgan fingerprint density at radius 3 is 2.62 bits per heavy atom. The maximum absolute atomic E-state index is 12.1. The average molecular weight is 429 g/mol.